The maximum atomic E-state index is 14.0. The van der Waals surface area contributed by atoms with Crippen molar-refractivity contribution in [2.75, 3.05) is 13.6 Å². The molecule has 2 N–H and O–H groups in total. The van der Waals surface area contributed by atoms with Crippen LogP contribution in [0.1, 0.15) is 19.3 Å². The zero-order valence-electron chi connectivity index (χ0n) is 11.2. The molecule has 0 aliphatic heterocycles. The van der Waals surface area contributed by atoms with E-state index >= 15 is 0 Å². The number of nitrogens with two attached hydrogens (primary N) is 1. The smallest absolute Gasteiger partial charge is 0.246 e. The van der Waals surface area contributed by atoms with E-state index in [0.29, 0.717) is 6.54 Å². The molecule has 0 amide bonds. The lowest BCUT2D eigenvalue weighted by Gasteiger charge is -2.28. The monoisotopic (exact) mass is 320 g/mol. The number of halogens is 2. The Kier molecular flexibility index (Phi) is 4.69. The van der Waals surface area contributed by atoms with Crippen LogP contribution in [0, 0.1) is 11.7 Å². The first-order valence-corrected chi connectivity index (χ1v) is 8.33. The lowest BCUT2D eigenvalue weighted by molar-refractivity contribution is 0.303. The Morgan fingerprint density at radius 1 is 1.45 bits per heavy atom. The maximum absolute atomic E-state index is 14.0. The molecule has 0 heterocycles. The van der Waals surface area contributed by atoms with Crippen molar-refractivity contribution in [3.05, 3.63) is 29.0 Å². The van der Waals surface area contributed by atoms with Crippen molar-refractivity contribution in [1.82, 2.24) is 4.31 Å². The Labute approximate surface area is 123 Å². The van der Waals surface area contributed by atoms with Gasteiger partial charge in [-0.15, -0.1) is 0 Å². The molecular formula is C13H18ClFN2O2S. The fourth-order valence-electron chi connectivity index (χ4n) is 2.79. The lowest BCUT2D eigenvalue weighted by Crippen LogP contribution is -2.41. The fraction of sp³-hybridized carbons (Fsp3) is 0.538. The summed E-state index contributed by atoms with van der Waals surface area (Å²) in [5.74, 6) is -0.777. The Morgan fingerprint density at radius 2 is 2.15 bits per heavy atom. The molecule has 7 heteroatoms. The highest BCUT2D eigenvalue weighted by Gasteiger charge is 2.37. The Morgan fingerprint density at radius 3 is 2.80 bits per heavy atom. The van der Waals surface area contributed by atoms with E-state index in [0.717, 1.165) is 19.3 Å². The molecular weight excluding hydrogens is 303 g/mol. The first-order chi connectivity index (χ1) is 9.39. The zero-order chi connectivity index (χ0) is 14.9. The molecule has 1 aliphatic rings. The number of nitrogens with zero attached hydrogens (tertiary/aromatic N) is 1. The van der Waals surface area contributed by atoms with Gasteiger partial charge in [0.05, 0.1) is 5.02 Å². The van der Waals surface area contributed by atoms with Gasteiger partial charge >= 0.3 is 0 Å². The minimum atomic E-state index is -3.90. The average molecular weight is 321 g/mol. The van der Waals surface area contributed by atoms with E-state index in [1.807, 2.05) is 0 Å². The summed E-state index contributed by atoms with van der Waals surface area (Å²) in [6.07, 6.45) is 2.59. The highest BCUT2D eigenvalue weighted by atomic mass is 35.5. The number of benzene rings is 1. The quantitative estimate of drug-likeness (QED) is 0.925. The van der Waals surface area contributed by atoms with Crippen molar-refractivity contribution in [1.29, 1.82) is 0 Å². The predicted molar refractivity (Wildman–Crippen MR) is 76.5 cm³/mol. The van der Waals surface area contributed by atoms with Crippen molar-refractivity contribution >= 4 is 21.6 Å². The second-order valence-electron chi connectivity index (χ2n) is 5.07. The van der Waals surface area contributed by atoms with Gasteiger partial charge in [-0.1, -0.05) is 24.1 Å². The molecule has 1 aromatic carbocycles. The summed E-state index contributed by atoms with van der Waals surface area (Å²) in [4.78, 5) is -0.379. The number of rotatable bonds is 4. The van der Waals surface area contributed by atoms with Crippen LogP contribution in [0.3, 0.4) is 0 Å². The highest BCUT2D eigenvalue weighted by molar-refractivity contribution is 7.89. The Bertz CT molecular complexity index is 594. The van der Waals surface area contributed by atoms with Gasteiger partial charge in [-0.05, 0) is 37.4 Å². The molecule has 1 fully saturated rings. The number of hydrogen-bond donors (Lipinski definition) is 1. The molecule has 0 saturated heterocycles. The molecule has 0 radical (unpaired) electrons. The van der Waals surface area contributed by atoms with Crippen molar-refractivity contribution in [2.24, 2.45) is 11.7 Å². The standard InChI is InChI=1S/C13H18ClFN2O2S/c1-17(11-6-2-4-9(11)8-16)20(18,19)12-7-3-5-10(14)13(12)15/h3,5,7,9,11H,2,4,6,8,16H2,1H3. The van der Waals surface area contributed by atoms with Crippen molar-refractivity contribution in [3.63, 3.8) is 0 Å². The minimum Gasteiger partial charge on any atom is -0.330 e. The molecule has 1 aliphatic carbocycles. The van der Waals surface area contributed by atoms with Gasteiger partial charge in [0, 0.05) is 13.1 Å². The molecule has 4 nitrogen and oxygen atoms in total. The zero-order valence-corrected chi connectivity index (χ0v) is 12.8. The van der Waals surface area contributed by atoms with Crippen molar-refractivity contribution in [3.8, 4) is 0 Å². The molecule has 2 atom stereocenters. The Balaban J connectivity index is 2.37. The lowest BCUT2D eigenvalue weighted by atomic mass is 10.0. The van der Waals surface area contributed by atoms with E-state index in [9.17, 15) is 12.8 Å². The van der Waals surface area contributed by atoms with E-state index in [1.54, 1.807) is 0 Å². The molecule has 2 rings (SSSR count). The third-order valence-corrected chi connectivity index (χ3v) is 6.15. The van der Waals surface area contributed by atoms with E-state index in [-0.39, 0.29) is 21.9 Å². The summed E-state index contributed by atoms with van der Waals surface area (Å²) in [6.45, 7) is 0.433. The molecule has 1 aromatic rings. The third kappa shape index (κ3) is 2.70. The van der Waals surface area contributed by atoms with Crippen LogP contribution in [0.15, 0.2) is 23.1 Å². The van der Waals surface area contributed by atoms with Crippen LogP contribution in [0.25, 0.3) is 0 Å². The predicted octanol–water partition coefficient (Wildman–Crippen LogP) is 2.23. The highest BCUT2D eigenvalue weighted by Crippen LogP contribution is 2.33. The SMILES string of the molecule is CN(C1CCCC1CN)S(=O)(=O)c1cccc(Cl)c1F. The van der Waals surface area contributed by atoms with E-state index in [1.165, 1.54) is 29.6 Å². The fourth-order valence-corrected chi connectivity index (χ4v) is 4.55. The summed E-state index contributed by atoms with van der Waals surface area (Å²) in [5, 5.41) is -0.193. The van der Waals surface area contributed by atoms with Crippen LogP contribution in [-0.4, -0.2) is 32.4 Å². The van der Waals surface area contributed by atoms with Gasteiger partial charge in [0.2, 0.25) is 10.0 Å². The maximum Gasteiger partial charge on any atom is 0.246 e. The normalized spacial score (nSPS) is 23.4. The van der Waals surface area contributed by atoms with Crippen LogP contribution < -0.4 is 5.73 Å². The summed E-state index contributed by atoms with van der Waals surface area (Å²) < 4.78 is 40.3. The number of sulfonamides is 1. The summed E-state index contributed by atoms with van der Waals surface area (Å²) in [7, 11) is -2.42. The summed E-state index contributed by atoms with van der Waals surface area (Å²) in [6, 6.07) is 3.82. The molecule has 112 valence electrons. The first-order valence-electron chi connectivity index (χ1n) is 6.51. The van der Waals surface area contributed by atoms with Gasteiger partial charge in [-0.3, -0.25) is 0 Å². The van der Waals surface area contributed by atoms with Gasteiger partial charge in [0.15, 0.2) is 5.82 Å². The minimum absolute atomic E-state index is 0.122. The Hall–Kier alpha value is -0.690. The van der Waals surface area contributed by atoms with E-state index in [4.69, 9.17) is 17.3 Å². The van der Waals surface area contributed by atoms with Crippen LogP contribution in [0.5, 0.6) is 0 Å². The molecule has 0 aromatic heterocycles. The summed E-state index contributed by atoms with van der Waals surface area (Å²) in [5.41, 5.74) is 5.68. The van der Waals surface area contributed by atoms with Gasteiger partial charge in [0.1, 0.15) is 4.90 Å². The second kappa shape index (κ2) is 5.97. The van der Waals surface area contributed by atoms with Gasteiger partial charge < -0.3 is 5.73 Å². The van der Waals surface area contributed by atoms with Crippen LogP contribution >= 0.6 is 11.6 Å². The van der Waals surface area contributed by atoms with Crippen LogP contribution in [-0.2, 0) is 10.0 Å². The summed E-state index contributed by atoms with van der Waals surface area (Å²) >= 11 is 5.66. The van der Waals surface area contributed by atoms with E-state index < -0.39 is 15.8 Å². The topological polar surface area (TPSA) is 63.4 Å². The molecule has 2 unspecified atom stereocenters. The number of hydrogen-bond acceptors (Lipinski definition) is 3. The average Bonchev–Trinajstić information content (AvgIpc) is 2.88. The molecule has 1 saturated carbocycles. The third-order valence-electron chi connectivity index (χ3n) is 3.96. The van der Waals surface area contributed by atoms with Gasteiger partial charge in [-0.2, -0.15) is 4.31 Å². The molecule has 0 spiro atoms. The first kappa shape index (κ1) is 15.7. The van der Waals surface area contributed by atoms with Crippen LogP contribution in [0.4, 0.5) is 4.39 Å². The largest absolute Gasteiger partial charge is 0.330 e. The van der Waals surface area contributed by atoms with Gasteiger partial charge in [-0.25, -0.2) is 12.8 Å². The van der Waals surface area contributed by atoms with Crippen molar-refractivity contribution < 1.29 is 12.8 Å². The second-order valence-corrected chi connectivity index (χ2v) is 7.44. The molecule has 0 bridgehead atoms. The molecule has 20 heavy (non-hydrogen) atoms. The van der Waals surface area contributed by atoms with Crippen LogP contribution in [0.2, 0.25) is 5.02 Å². The van der Waals surface area contributed by atoms with Crippen molar-refractivity contribution in [2.45, 2.75) is 30.2 Å². The van der Waals surface area contributed by atoms with Gasteiger partial charge in [0.25, 0.3) is 0 Å². The van der Waals surface area contributed by atoms with E-state index in [2.05, 4.69) is 0 Å².